The van der Waals surface area contributed by atoms with Crippen LogP contribution in [0.15, 0.2) is 36.7 Å². The maximum absolute atomic E-state index is 13.2. The highest BCUT2D eigenvalue weighted by molar-refractivity contribution is 7.17. The monoisotopic (exact) mass is 382 g/mol. The second-order valence-corrected chi connectivity index (χ2v) is 7.60. The number of aryl methyl sites for hydroxylation is 2. The SMILES string of the molecule is Cc1nc(-c2cnn(C)c2)sc1C(=O)N1Cc2ccccc2CC1C(=O)O. The molecule has 138 valence electrons. The molecule has 0 aliphatic carbocycles. The summed E-state index contributed by atoms with van der Waals surface area (Å²) >= 11 is 1.27. The van der Waals surface area contributed by atoms with Gasteiger partial charge >= 0.3 is 5.97 Å². The highest BCUT2D eigenvalue weighted by Crippen LogP contribution is 2.31. The van der Waals surface area contributed by atoms with Crippen LogP contribution in [-0.4, -0.2) is 42.7 Å². The zero-order valence-electron chi connectivity index (χ0n) is 14.9. The van der Waals surface area contributed by atoms with Crippen LogP contribution in [0.4, 0.5) is 0 Å². The van der Waals surface area contributed by atoms with E-state index in [0.717, 1.165) is 16.7 Å². The van der Waals surface area contributed by atoms with Gasteiger partial charge in [-0.3, -0.25) is 9.48 Å². The lowest BCUT2D eigenvalue weighted by Gasteiger charge is -2.34. The maximum Gasteiger partial charge on any atom is 0.326 e. The summed E-state index contributed by atoms with van der Waals surface area (Å²) in [5.41, 5.74) is 3.40. The number of aliphatic carboxylic acids is 1. The van der Waals surface area contributed by atoms with Crippen molar-refractivity contribution in [2.75, 3.05) is 0 Å². The first-order valence-electron chi connectivity index (χ1n) is 8.51. The topological polar surface area (TPSA) is 88.3 Å². The molecule has 0 saturated carbocycles. The number of carbonyl (C=O) groups excluding carboxylic acids is 1. The molecule has 1 atom stereocenters. The van der Waals surface area contributed by atoms with Crippen molar-refractivity contribution in [2.45, 2.75) is 25.9 Å². The second-order valence-electron chi connectivity index (χ2n) is 6.60. The van der Waals surface area contributed by atoms with Gasteiger partial charge in [0.1, 0.15) is 15.9 Å². The molecule has 0 fully saturated rings. The van der Waals surface area contributed by atoms with Gasteiger partial charge in [-0.1, -0.05) is 24.3 Å². The lowest BCUT2D eigenvalue weighted by molar-refractivity contribution is -0.142. The van der Waals surface area contributed by atoms with Gasteiger partial charge in [-0.05, 0) is 18.1 Å². The molecule has 0 radical (unpaired) electrons. The van der Waals surface area contributed by atoms with Crippen molar-refractivity contribution in [3.8, 4) is 10.6 Å². The van der Waals surface area contributed by atoms with Crippen LogP contribution >= 0.6 is 11.3 Å². The molecule has 1 amide bonds. The van der Waals surface area contributed by atoms with Crippen molar-refractivity contribution >= 4 is 23.2 Å². The lowest BCUT2D eigenvalue weighted by Crippen LogP contribution is -2.48. The number of hydrogen-bond donors (Lipinski definition) is 1. The summed E-state index contributed by atoms with van der Waals surface area (Å²) in [5, 5.41) is 14.5. The number of rotatable bonds is 3. The molecule has 0 saturated heterocycles. The van der Waals surface area contributed by atoms with Gasteiger partial charge < -0.3 is 10.0 Å². The number of carboxylic acids is 1. The zero-order valence-corrected chi connectivity index (χ0v) is 15.7. The molecule has 0 spiro atoms. The number of carboxylic acid groups (broad SMARTS) is 1. The first kappa shape index (κ1) is 17.4. The van der Waals surface area contributed by atoms with Crippen molar-refractivity contribution in [3.63, 3.8) is 0 Å². The van der Waals surface area contributed by atoms with E-state index in [1.807, 2.05) is 37.5 Å². The Morgan fingerprint density at radius 1 is 1.26 bits per heavy atom. The van der Waals surface area contributed by atoms with Crippen LogP contribution in [0.25, 0.3) is 10.6 Å². The quantitative estimate of drug-likeness (QED) is 0.752. The predicted octanol–water partition coefficient (Wildman–Crippen LogP) is 2.50. The largest absolute Gasteiger partial charge is 0.480 e. The Bertz CT molecular complexity index is 1040. The molecule has 8 heteroatoms. The molecule has 7 nitrogen and oxygen atoms in total. The summed E-state index contributed by atoms with van der Waals surface area (Å²) < 4.78 is 1.68. The van der Waals surface area contributed by atoms with Crippen molar-refractivity contribution in [1.82, 2.24) is 19.7 Å². The van der Waals surface area contributed by atoms with E-state index in [0.29, 0.717) is 22.0 Å². The molecule has 1 aromatic carbocycles. The van der Waals surface area contributed by atoms with E-state index in [4.69, 9.17) is 0 Å². The average Bonchev–Trinajstić information content (AvgIpc) is 3.25. The Balaban J connectivity index is 1.69. The molecule has 1 N–H and O–H groups in total. The number of benzene rings is 1. The van der Waals surface area contributed by atoms with Gasteiger partial charge in [-0.15, -0.1) is 11.3 Å². The Morgan fingerprint density at radius 3 is 2.67 bits per heavy atom. The summed E-state index contributed by atoms with van der Waals surface area (Å²) in [6.07, 6.45) is 3.85. The Labute approximate surface area is 159 Å². The first-order chi connectivity index (χ1) is 12.9. The highest BCUT2D eigenvalue weighted by atomic mass is 32.1. The summed E-state index contributed by atoms with van der Waals surface area (Å²) in [5.74, 6) is -1.28. The molecule has 1 aliphatic rings. The van der Waals surface area contributed by atoms with Gasteiger partial charge in [-0.2, -0.15) is 5.10 Å². The highest BCUT2D eigenvalue weighted by Gasteiger charge is 2.36. The molecule has 2 aromatic heterocycles. The van der Waals surface area contributed by atoms with Crippen LogP contribution < -0.4 is 0 Å². The molecular formula is C19H18N4O3S. The lowest BCUT2D eigenvalue weighted by atomic mass is 9.94. The fraction of sp³-hybridized carbons (Fsp3) is 0.263. The Kier molecular flexibility index (Phi) is 4.27. The number of hydrogen-bond acceptors (Lipinski definition) is 5. The fourth-order valence-electron chi connectivity index (χ4n) is 3.34. The number of thiazole rings is 1. The van der Waals surface area contributed by atoms with Gasteiger partial charge in [0.25, 0.3) is 5.91 Å². The third-order valence-electron chi connectivity index (χ3n) is 4.74. The maximum atomic E-state index is 13.2. The molecule has 3 aromatic rings. The molecule has 4 rings (SSSR count). The molecule has 3 heterocycles. The van der Waals surface area contributed by atoms with Crippen LogP contribution in [-0.2, 0) is 24.8 Å². The van der Waals surface area contributed by atoms with Gasteiger partial charge in [0.05, 0.1) is 11.9 Å². The van der Waals surface area contributed by atoms with Gasteiger partial charge in [0, 0.05) is 31.8 Å². The number of fused-ring (bicyclic) bond motifs is 1. The smallest absolute Gasteiger partial charge is 0.326 e. The van der Waals surface area contributed by atoms with Crippen LogP contribution in [0, 0.1) is 6.92 Å². The average molecular weight is 382 g/mol. The van der Waals surface area contributed by atoms with E-state index < -0.39 is 12.0 Å². The third-order valence-corrected chi connectivity index (χ3v) is 5.93. The van der Waals surface area contributed by atoms with Crippen LogP contribution in [0.3, 0.4) is 0 Å². The van der Waals surface area contributed by atoms with Gasteiger partial charge in [-0.25, -0.2) is 9.78 Å². The van der Waals surface area contributed by atoms with E-state index in [-0.39, 0.29) is 12.5 Å². The van der Waals surface area contributed by atoms with E-state index in [1.165, 1.54) is 16.2 Å². The van der Waals surface area contributed by atoms with Crippen molar-refractivity contribution in [1.29, 1.82) is 0 Å². The predicted molar refractivity (Wildman–Crippen MR) is 100 cm³/mol. The molecule has 1 aliphatic heterocycles. The number of nitrogens with zero attached hydrogens (tertiary/aromatic N) is 4. The minimum absolute atomic E-state index is 0.283. The molecule has 1 unspecified atom stereocenters. The normalized spacial score (nSPS) is 16.2. The fourth-order valence-corrected chi connectivity index (χ4v) is 4.33. The summed E-state index contributed by atoms with van der Waals surface area (Å²) in [6.45, 7) is 2.06. The van der Waals surface area contributed by atoms with E-state index >= 15 is 0 Å². The van der Waals surface area contributed by atoms with Crippen molar-refractivity contribution in [2.24, 2.45) is 7.05 Å². The molecular weight excluding hydrogens is 364 g/mol. The first-order valence-corrected chi connectivity index (χ1v) is 9.32. The Morgan fingerprint density at radius 2 is 2.00 bits per heavy atom. The zero-order chi connectivity index (χ0) is 19.1. The van der Waals surface area contributed by atoms with Crippen LogP contribution in [0.1, 0.15) is 26.5 Å². The number of aromatic nitrogens is 3. The summed E-state index contributed by atoms with van der Waals surface area (Å²) in [7, 11) is 1.82. The number of amides is 1. The van der Waals surface area contributed by atoms with Gasteiger partial charge in [0.2, 0.25) is 0 Å². The van der Waals surface area contributed by atoms with Gasteiger partial charge in [0.15, 0.2) is 0 Å². The number of carbonyl (C=O) groups is 2. The van der Waals surface area contributed by atoms with E-state index in [2.05, 4.69) is 10.1 Å². The van der Waals surface area contributed by atoms with Crippen molar-refractivity contribution in [3.05, 3.63) is 58.4 Å². The minimum atomic E-state index is -0.993. The minimum Gasteiger partial charge on any atom is -0.480 e. The standard InChI is InChI=1S/C19H18N4O3S/c1-11-16(27-17(21-11)14-8-20-22(2)9-14)18(24)23-10-13-6-4-3-5-12(13)7-15(23)19(25)26/h3-6,8-9,15H,7,10H2,1-2H3,(H,25,26). The van der Waals surface area contributed by atoms with Crippen molar-refractivity contribution < 1.29 is 14.7 Å². The molecule has 0 bridgehead atoms. The van der Waals surface area contributed by atoms with E-state index in [9.17, 15) is 14.7 Å². The van der Waals surface area contributed by atoms with Crippen LogP contribution in [0.2, 0.25) is 0 Å². The summed E-state index contributed by atoms with van der Waals surface area (Å²) in [4.78, 5) is 31.4. The Hall–Kier alpha value is -3.00. The summed E-state index contributed by atoms with van der Waals surface area (Å²) in [6, 6.07) is 6.78. The second kappa shape index (κ2) is 6.62. The van der Waals surface area contributed by atoms with Crippen LogP contribution in [0.5, 0.6) is 0 Å². The molecule has 27 heavy (non-hydrogen) atoms. The third kappa shape index (κ3) is 3.12. The van der Waals surface area contributed by atoms with E-state index in [1.54, 1.807) is 17.8 Å².